The molecule has 0 aliphatic heterocycles. The van der Waals surface area contributed by atoms with Crippen molar-refractivity contribution < 1.29 is 19.8 Å². The number of nitrogens with two attached hydrogens (primary N) is 1. The fourth-order valence-electron chi connectivity index (χ4n) is 1.90. The van der Waals surface area contributed by atoms with Crippen LogP contribution in [0.4, 0.5) is 0 Å². The van der Waals surface area contributed by atoms with Crippen LogP contribution < -0.4 is 27.2 Å². The molecule has 0 spiro atoms. The van der Waals surface area contributed by atoms with Gasteiger partial charge in [-0.2, -0.15) is 0 Å². The number of nitrogens with zero attached hydrogens (tertiary/aromatic N) is 1. The number of carbonyl (C=O) groups excluding carboxylic acids is 1. The molecule has 8 heteroatoms. The Kier molecular flexibility index (Phi) is 5.95. The monoisotopic (exact) mass is 331 g/mol. The number of nitrogens with one attached hydrogen (secondary N) is 1. The number of hydrogen-bond acceptors (Lipinski definition) is 5. The highest BCUT2D eigenvalue weighted by Crippen LogP contribution is 2.04. The molecule has 1 aromatic heterocycles. The molecule has 0 aromatic carbocycles. The van der Waals surface area contributed by atoms with E-state index in [1.807, 2.05) is 5.32 Å². The molecule has 1 amide bonds. The average molecular weight is 331 g/mol. The van der Waals surface area contributed by atoms with Crippen LogP contribution in [-0.4, -0.2) is 33.2 Å². The van der Waals surface area contributed by atoms with Gasteiger partial charge in [0.25, 0.3) is 11.5 Å². The van der Waals surface area contributed by atoms with Gasteiger partial charge in [-0.05, 0) is 13.0 Å². The second-order valence-corrected chi connectivity index (χ2v) is 4.67. The zero-order chi connectivity index (χ0) is 18.4. The summed E-state index contributed by atoms with van der Waals surface area (Å²) >= 11 is 0. The number of allylic oxidation sites excluding steroid dienone is 1. The van der Waals surface area contributed by atoms with Gasteiger partial charge < -0.3 is 25.8 Å². The molecule has 0 atom stereocenters. The van der Waals surface area contributed by atoms with Crippen molar-refractivity contribution in [2.24, 2.45) is 12.8 Å². The van der Waals surface area contributed by atoms with E-state index in [1.54, 1.807) is 6.92 Å². The Balaban J connectivity index is 3.63. The molecule has 0 saturated carbocycles. The number of carbonyl (C=O) groups is 2. The topological polar surface area (TPSA) is 135 Å². The quantitative estimate of drug-likeness (QED) is 0.470. The summed E-state index contributed by atoms with van der Waals surface area (Å²) in [7, 11) is 1.38. The SMILES string of the molecule is C=c1c(O)c(C(=O)NCC(=O)O)c(=O)n(C)/c1=C/C(C#CC)=C\N. The maximum absolute atomic E-state index is 12.3. The Hall–Kier alpha value is -3.47. The molecule has 0 saturated heterocycles. The van der Waals surface area contributed by atoms with E-state index in [2.05, 4.69) is 18.4 Å². The van der Waals surface area contributed by atoms with E-state index in [0.29, 0.717) is 5.57 Å². The van der Waals surface area contributed by atoms with Crippen molar-refractivity contribution in [3.05, 3.63) is 38.3 Å². The first-order valence-electron chi connectivity index (χ1n) is 6.71. The lowest BCUT2D eigenvalue weighted by Crippen LogP contribution is -2.46. The lowest BCUT2D eigenvalue weighted by Gasteiger charge is -2.09. The van der Waals surface area contributed by atoms with Crippen molar-refractivity contribution in [1.29, 1.82) is 0 Å². The second-order valence-electron chi connectivity index (χ2n) is 4.67. The predicted molar refractivity (Wildman–Crippen MR) is 88.3 cm³/mol. The fourth-order valence-corrected chi connectivity index (χ4v) is 1.90. The molecule has 1 aromatic rings. The molecule has 5 N–H and O–H groups in total. The van der Waals surface area contributed by atoms with Crippen LogP contribution in [-0.2, 0) is 11.8 Å². The molecule has 0 aliphatic rings. The van der Waals surface area contributed by atoms with Gasteiger partial charge >= 0.3 is 5.97 Å². The van der Waals surface area contributed by atoms with Crippen molar-refractivity contribution >= 4 is 24.5 Å². The van der Waals surface area contributed by atoms with Crippen LogP contribution in [0, 0.1) is 11.8 Å². The fraction of sp³-hybridized carbons (Fsp3) is 0.188. The lowest BCUT2D eigenvalue weighted by atomic mass is 10.1. The maximum atomic E-state index is 12.3. The van der Waals surface area contributed by atoms with Crippen molar-refractivity contribution in [3.63, 3.8) is 0 Å². The lowest BCUT2D eigenvalue weighted by molar-refractivity contribution is -0.135. The minimum absolute atomic E-state index is 0.00910. The molecule has 1 rings (SSSR count). The van der Waals surface area contributed by atoms with E-state index in [1.165, 1.54) is 19.3 Å². The molecular weight excluding hydrogens is 314 g/mol. The number of carboxylic acids is 1. The summed E-state index contributed by atoms with van der Waals surface area (Å²) in [5, 5.41) is 21.0. The standard InChI is InChI=1S/C16H17N3O5/c1-4-5-10(7-17)6-11-9(2)14(22)13(16(24)19(11)3)15(23)18-8-12(20)21/h6-7,22H,2,8,17H2,1,3H3,(H,18,23)(H,20,21)/b10-7-,11-6+. The molecule has 0 unspecified atom stereocenters. The van der Waals surface area contributed by atoms with E-state index < -0.39 is 35.3 Å². The molecule has 0 bridgehead atoms. The predicted octanol–water partition coefficient (Wildman–Crippen LogP) is -2.04. The van der Waals surface area contributed by atoms with E-state index in [-0.39, 0.29) is 10.6 Å². The molecule has 0 fully saturated rings. The van der Waals surface area contributed by atoms with Gasteiger partial charge in [-0.1, -0.05) is 12.5 Å². The first kappa shape index (κ1) is 18.6. The Bertz CT molecular complexity index is 945. The molecule has 1 heterocycles. The molecule has 126 valence electrons. The minimum atomic E-state index is -1.28. The normalized spacial score (nSPS) is 11.6. The third-order valence-electron chi connectivity index (χ3n) is 3.08. The Morgan fingerprint density at radius 2 is 2.08 bits per heavy atom. The van der Waals surface area contributed by atoms with Crippen LogP contribution in [0.1, 0.15) is 17.3 Å². The largest absolute Gasteiger partial charge is 0.506 e. The van der Waals surface area contributed by atoms with E-state index in [9.17, 15) is 19.5 Å². The minimum Gasteiger partial charge on any atom is -0.506 e. The summed E-state index contributed by atoms with van der Waals surface area (Å²) in [6.07, 6.45) is 2.67. The van der Waals surface area contributed by atoms with E-state index in [4.69, 9.17) is 10.8 Å². The van der Waals surface area contributed by atoms with E-state index in [0.717, 1.165) is 4.57 Å². The van der Waals surface area contributed by atoms with Crippen LogP contribution in [0.5, 0.6) is 5.75 Å². The van der Waals surface area contributed by atoms with Crippen molar-refractivity contribution in [2.45, 2.75) is 6.92 Å². The first-order chi connectivity index (χ1) is 11.2. The Labute approximate surface area is 137 Å². The van der Waals surface area contributed by atoms with Gasteiger partial charge in [0.05, 0.1) is 5.35 Å². The number of hydrogen-bond donors (Lipinski definition) is 4. The summed E-state index contributed by atoms with van der Waals surface area (Å²) in [6, 6.07) is 0. The number of aliphatic carboxylic acids is 1. The smallest absolute Gasteiger partial charge is 0.322 e. The van der Waals surface area contributed by atoms with Gasteiger partial charge in [-0.15, -0.1) is 5.92 Å². The molecule has 8 nitrogen and oxygen atoms in total. The number of carboxylic acid groups (broad SMARTS) is 1. The van der Waals surface area contributed by atoms with Crippen LogP contribution in [0.25, 0.3) is 12.7 Å². The summed E-state index contributed by atoms with van der Waals surface area (Å²) in [4.78, 5) is 34.8. The average Bonchev–Trinajstić information content (AvgIpc) is 2.54. The molecule has 24 heavy (non-hydrogen) atoms. The maximum Gasteiger partial charge on any atom is 0.322 e. The zero-order valence-electron chi connectivity index (χ0n) is 13.2. The molecular formula is C16H17N3O5. The highest BCUT2D eigenvalue weighted by Gasteiger charge is 2.19. The second kappa shape index (κ2) is 7.69. The van der Waals surface area contributed by atoms with Gasteiger partial charge in [0.1, 0.15) is 17.9 Å². The van der Waals surface area contributed by atoms with Gasteiger partial charge in [0.15, 0.2) is 0 Å². The number of aromatic hydroxyl groups is 1. The third kappa shape index (κ3) is 3.84. The molecule has 0 aliphatic carbocycles. The van der Waals surface area contributed by atoms with Gasteiger partial charge in [0.2, 0.25) is 0 Å². The van der Waals surface area contributed by atoms with Crippen LogP contribution in [0.2, 0.25) is 0 Å². The highest BCUT2D eigenvalue weighted by atomic mass is 16.4. The number of pyridine rings is 1. The number of rotatable bonds is 4. The number of amides is 1. The molecule has 0 radical (unpaired) electrons. The van der Waals surface area contributed by atoms with Crippen LogP contribution >= 0.6 is 0 Å². The summed E-state index contributed by atoms with van der Waals surface area (Å²) in [5.74, 6) is 2.43. The van der Waals surface area contributed by atoms with Crippen LogP contribution in [0.3, 0.4) is 0 Å². The Morgan fingerprint density at radius 3 is 2.58 bits per heavy atom. The first-order valence-corrected chi connectivity index (χ1v) is 6.71. The van der Waals surface area contributed by atoms with E-state index >= 15 is 0 Å². The third-order valence-corrected chi connectivity index (χ3v) is 3.08. The highest BCUT2D eigenvalue weighted by molar-refractivity contribution is 5.97. The zero-order valence-corrected chi connectivity index (χ0v) is 13.2. The van der Waals surface area contributed by atoms with Crippen molar-refractivity contribution in [3.8, 4) is 17.6 Å². The summed E-state index contributed by atoms with van der Waals surface area (Å²) in [6.45, 7) is 4.57. The van der Waals surface area contributed by atoms with Gasteiger partial charge in [-0.25, -0.2) is 0 Å². The van der Waals surface area contributed by atoms with Crippen molar-refractivity contribution in [2.75, 3.05) is 6.54 Å². The summed E-state index contributed by atoms with van der Waals surface area (Å²) < 4.78 is 1.10. The van der Waals surface area contributed by atoms with Crippen molar-refractivity contribution in [1.82, 2.24) is 9.88 Å². The Morgan fingerprint density at radius 1 is 1.46 bits per heavy atom. The summed E-state index contributed by atoms with van der Waals surface area (Å²) in [5.41, 5.74) is 4.44. The van der Waals surface area contributed by atoms with Gasteiger partial charge in [-0.3, -0.25) is 14.4 Å². The van der Waals surface area contributed by atoms with Crippen LogP contribution in [0.15, 0.2) is 16.6 Å². The van der Waals surface area contributed by atoms with Gasteiger partial charge in [0, 0.05) is 24.0 Å². The number of aromatic nitrogens is 1.